The second-order valence-electron chi connectivity index (χ2n) is 7.93. The van der Waals surface area contributed by atoms with Crippen molar-refractivity contribution in [3.8, 4) is 11.3 Å². The number of aryl methyl sites for hydroxylation is 1. The van der Waals surface area contributed by atoms with E-state index in [4.69, 9.17) is 4.42 Å². The van der Waals surface area contributed by atoms with Crippen LogP contribution in [-0.2, 0) is 21.1 Å². The van der Waals surface area contributed by atoms with Gasteiger partial charge in [-0.25, -0.2) is 13.4 Å². The molecular formula is C22H26N4O4S. The SMILES string of the molecule is CS(=O)(=O)c1ccc(-c2cnc(CCC(=O)N[C@H]3CCCC[C@@H]3n3cccn3)o2)cc1. The largest absolute Gasteiger partial charge is 0.441 e. The first-order valence-electron chi connectivity index (χ1n) is 10.4. The van der Waals surface area contributed by atoms with E-state index >= 15 is 0 Å². The molecule has 2 atom stereocenters. The van der Waals surface area contributed by atoms with Gasteiger partial charge in [0, 0.05) is 37.1 Å². The number of hydrogen-bond donors (Lipinski definition) is 1. The summed E-state index contributed by atoms with van der Waals surface area (Å²) in [6.07, 6.45) is 11.4. The fourth-order valence-electron chi connectivity index (χ4n) is 4.00. The molecule has 1 amide bonds. The smallest absolute Gasteiger partial charge is 0.220 e. The third-order valence-electron chi connectivity index (χ3n) is 5.63. The van der Waals surface area contributed by atoms with Crippen molar-refractivity contribution in [2.45, 2.75) is 55.5 Å². The minimum absolute atomic E-state index is 0.0266. The van der Waals surface area contributed by atoms with E-state index in [2.05, 4.69) is 15.4 Å². The lowest BCUT2D eigenvalue weighted by molar-refractivity contribution is -0.122. The molecule has 0 radical (unpaired) electrons. The first-order valence-corrected chi connectivity index (χ1v) is 12.3. The second kappa shape index (κ2) is 9.05. The molecule has 1 aliphatic carbocycles. The quantitative estimate of drug-likeness (QED) is 0.602. The number of oxazole rings is 1. The van der Waals surface area contributed by atoms with Gasteiger partial charge in [0.05, 0.1) is 23.2 Å². The number of rotatable bonds is 7. The number of amides is 1. The Labute approximate surface area is 181 Å². The molecule has 1 aromatic carbocycles. The molecule has 8 nitrogen and oxygen atoms in total. The molecule has 1 N–H and O–H groups in total. The van der Waals surface area contributed by atoms with Crippen LogP contribution in [0.2, 0.25) is 0 Å². The Morgan fingerprint density at radius 1 is 1.23 bits per heavy atom. The van der Waals surface area contributed by atoms with Gasteiger partial charge in [0.1, 0.15) is 0 Å². The van der Waals surface area contributed by atoms with Crippen LogP contribution in [-0.4, -0.2) is 41.4 Å². The van der Waals surface area contributed by atoms with Crippen LogP contribution in [0.15, 0.2) is 58.2 Å². The van der Waals surface area contributed by atoms with Crippen LogP contribution >= 0.6 is 0 Å². The van der Waals surface area contributed by atoms with Crippen molar-refractivity contribution < 1.29 is 17.6 Å². The van der Waals surface area contributed by atoms with Gasteiger partial charge in [0.15, 0.2) is 21.5 Å². The summed E-state index contributed by atoms with van der Waals surface area (Å²) in [5.41, 5.74) is 0.736. The van der Waals surface area contributed by atoms with E-state index in [9.17, 15) is 13.2 Å². The maximum absolute atomic E-state index is 12.5. The van der Waals surface area contributed by atoms with Crippen LogP contribution < -0.4 is 5.32 Å². The lowest BCUT2D eigenvalue weighted by Crippen LogP contribution is -2.43. The molecule has 3 aromatic rings. The summed E-state index contributed by atoms with van der Waals surface area (Å²) in [4.78, 5) is 17.1. The summed E-state index contributed by atoms with van der Waals surface area (Å²) >= 11 is 0. The number of carbonyl (C=O) groups is 1. The summed E-state index contributed by atoms with van der Waals surface area (Å²) in [7, 11) is -3.24. The van der Waals surface area contributed by atoms with Crippen molar-refractivity contribution in [2.75, 3.05) is 6.26 Å². The second-order valence-corrected chi connectivity index (χ2v) is 9.94. The fraction of sp³-hybridized carbons (Fsp3) is 0.409. The Morgan fingerprint density at radius 2 is 2.00 bits per heavy atom. The van der Waals surface area contributed by atoms with Crippen LogP contribution in [0, 0.1) is 0 Å². The highest BCUT2D eigenvalue weighted by molar-refractivity contribution is 7.90. The molecule has 1 fully saturated rings. The minimum Gasteiger partial charge on any atom is -0.441 e. The maximum atomic E-state index is 12.5. The number of carbonyl (C=O) groups excluding carboxylic acids is 1. The summed E-state index contributed by atoms with van der Waals surface area (Å²) in [5.74, 6) is 0.993. The average molecular weight is 443 g/mol. The molecule has 0 unspecified atom stereocenters. The number of nitrogens with zero attached hydrogens (tertiary/aromatic N) is 3. The Bertz CT molecular complexity index is 1120. The predicted molar refractivity (Wildman–Crippen MR) is 115 cm³/mol. The van der Waals surface area contributed by atoms with Gasteiger partial charge in [-0.2, -0.15) is 5.10 Å². The third-order valence-corrected chi connectivity index (χ3v) is 6.76. The number of nitrogens with one attached hydrogen (secondary N) is 1. The van der Waals surface area contributed by atoms with Crippen molar-refractivity contribution in [3.05, 3.63) is 54.8 Å². The van der Waals surface area contributed by atoms with E-state index in [1.54, 1.807) is 36.7 Å². The molecule has 2 heterocycles. The Balaban J connectivity index is 1.33. The molecule has 2 aromatic heterocycles. The zero-order valence-electron chi connectivity index (χ0n) is 17.4. The molecule has 31 heavy (non-hydrogen) atoms. The zero-order valence-corrected chi connectivity index (χ0v) is 18.2. The fourth-order valence-corrected chi connectivity index (χ4v) is 4.63. The monoisotopic (exact) mass is 442 g/mol. The normalized spacial score (nSPS) is 19.3. The van der Waals surface area contributed by atoms with Crippen molar-refractivity contribution in [2.24, 2.45) is 0 Å². The highest BCUT2D eigenvalue weighted by Crippen LogP contribution is 2.28. The standard InChI is InChI=1S/C22H26N4O4S/c1-31(28,29)17-9-7-16(8-10-17)20-15-23-22(30-20)12-11-21(27)25-18-5-2-3-6-19(18)26-14-4-13-24-26/h4,7-10,13-15,18-19H,2-3,5-6,11-12H2,1H3,(H,25,27)/t18-,19-/m0/s1. The van der Waals surface area contributed by atoms with E-state index in [0.717, 1.165) is 31.2 Å². The highest BCUT2D eigenvalue weighted by atomic mass is 32.2. The van der Waals surface area contributed by atoms with Crippen LogP contribution in [0.5, 0.6) is 0 Å². The molecule has 1 aliphatic rings. The molecule has 9 heteroatoms. The van der Waals surface area contributed by atoms with Crippen LogP contribution in [0.1, 0.15) is 44.0 Å². The van der Waals surface area contributed by atoms with Gasteiger partial charge in [0.2, 0.25) is 5.91 Å². The first-order chi connectivity index (χ1) is 14.9. The van der Waals surface area contributed by atoms with Crippen molar-refractivity contribution in [1.29, 1.82) is 0 Å². The van der Waals surface area contributed by atoms with Gasteiger partial charge in [-0.1, -0.05) is 12.8 Å². The van der Waals surface area contributed by atoms with E-state index in [-0.39, 0.29) is 29.3 Å². The molecule has 0 saturated heterocycles. The van der Waals surface area contributed by atoms with Crippen LogP contribution in [0.4, 0.5) is 0 Å². The van der Waals surface area contributed by atoms with E-state index in [1.165, 1.54) is 6.26 Å². The number of aromatic nitrogens is 3. The summed E-state index contributed by atoms with van der Waals surface area (Å²) in [6.45, 7) is 0. The maximum Gasteiger partial charge on any atom is 0.220 e. The van der Waals surface area contributed by atoms with Crippen molar-refractivity contribution in [3.63, 3.8) is 0 Å². The van der Waals surface area contributed by atoms with Gasteiger partial charge < -0.3 is 9.73 Å². The molecule has 0 aliphatic heterocycles. The molecule has 4 rings (SSSR count). The van der Waals surface area contributed by atoms with Gasteiger partial charge in [-0.05, 0) is 43.2 Å². The Hall–Kier alpha value is -2.94. The van der Waals surface area contributed by atoms with E-state index in [0.29, 0.717) is 18.1 Å². The topological polar surface area (TPSA) is 107 Å². The number of hydrogen-bond acceptors (Lipinski definition) is 6. The van der Waals surface area contributed by atoms with Gasteiger partial charge in [0.25, 0.3) is 0 Å². The van der Waals surface area contributed by atoms with Gasteiger partial charge in [-0.15, -0.1) is 0 Å². The van der Waals surface area contributed by atoms with E-state index < -0.39 is 9.84 Å². The van der Waals surface area contributed by atoms with Gasteiger partial charge >= 0.3 is 0 Å². The third kappa shape index (κ3) is 5.22. The van der Waals surface area contributed by atoms with Gasteiger partial charge in [-0.3, -0.25) is 9.48 Å². The summed E-state index contributed by atoms with van der Waals surface area (Å²) in [5, 5.41) is 7.51. The zero-order chi connectivity index (χ0) is 21.8. The number of sulfone groups is 1. The van der Waals surface area contributed by atoms with Crippen LogP contribution in [0.3, 0.4) is 0 Å². The minimum atomic E-state index is -3.24. The van der Waals surface area contributed by atoms with Crippen molar-refractivity contribution >= 4 is 15.7 Å². The molecule has 164 valence electrons. The summed E-state index contributed by atoms with van der Waals surface area (Å²) < 4.78 is 30.9. The van der Waals surface area contributed by atoms with E-state index in [1.807, 2.05) is 16.9 Å². The number of benzene rings is 1. The summed E-state index contributed by atoms with van der Waals surface area (Å²) in [6, 6.07) is 8.63. The molecular weight excluding hydrogens is 416 g/mol. The van der Waals surface area contributed by atoms with Crippen molar-refractivity contribution in [1.82, 2.24) is 20.1 Å². The highest BCUT2D eigenvalue weighted by Gasteiger charge is 2.28. The Kier molecular flexibility index (Phi) is 6.22. The average Bonchev–Trinajstić information content (AvgIpc) is 3.45. The molecule has 0 bridgehead atoms. The lowest BCUT2D eigenvalue weighted by Gasteiger charge is -2.32. The molecule has 1 saturated carbocycles. The first kappa shape index (κ1) is 21.3. The predicted octanol–water partition coefficient (Wildman–Crippen LogP) is 3.17. The lowest BCUT2D eigenvalue weighted by atomic mass is 9.90. The Morgan fingerprint density at radius 3 is 2.71 bits per heavy atom. The van der Waals surface area contributed by atoms with Crippen LogP contribution in [0.25, 0.3) is 11.3 Å². The molecule has 0 spiro atoms.